The van der Waals surface area contributed by atoms with Crippen LogP contribution in [0.4, 0.5) is 0 Å². The van der Waals surface area contributed by atoms with Gasteiger partial charge in [-0.05, 0) is 95.2 Å². The predicted octanol–water partition coefficient (Wildman–Crippen LogP) is 5.11. The maximum atomic E-state index is 13.5. The van der Waals surface area contributed by atoms with Gasteiger partial charge in [-0.2, -0.15) is 4.80 Å². The second kappa shape index (κ2) is 12.6. The number of carbonyl (C=O) groups is 1. The Labute approximate surface area is 250 Å². The fraction of sp³-hybridized carbons (Fsp3) is 0.562. The fourth-order valence-corrected chi connectivity index (χ4v) is 4.99. The molecule has 226 valence electrons. The van der Waals surface area contributed by atoms with Crippen LogP contribution in [-0.4, -0.2) is 57.2 Å². The van der Waals surface area contributed by atoms with E-state index in [0.29, 0.717) is 25.2 Å². The van der Waals surface area contributed by atoms with Crippen molar-refractivity contribution in [1.82, 2.24) is 20.2 Å². The van der Waals surface area contributed by atoms with Crippen LogP contribution in [0, 0.1) is 5.92 Å². The maximum Gasteiger partial charge on any atom is 0.494 e. The van der Waals surface area contributed by atoms with Gasteiger partial charge in [-0.3, -0.25) is 4.79 Å². The van der Waals surface area contributed by atoms with Gasteiger partial charge < -0.3 is 18.8 Å². The number of ether oxygens (including phenoxy) is 2. The van der Waals surface area contributed by atoms with Gasteiger partial charge in [0.1, 0.15) is 11.4 Å². The van der Waals surface area contributed by atoms with Crippen LogP contribution >= 0.6 is 0 Å². The number of benzene rings is 2. The van der Waals surface area contributed by atoms with E-state index >= 15 is 0 Å². The zero-order valence-electron chi connectivity index (χ0n) is 26.5. The van der Waals surface area contributed by atoms with E-state index in [2.05, 4.69) is 29.4 Å². The minimum absolute atomic E-state index is 0.241. The van der Waals surface area contributed by atoms with E-state index in [1.54, 1.807) is 11.9 Å². The number of hydrogen-bond acceptors (Lipinski definition) is 8. The molecule has 1 aromatic heterocycles. The monoisotopic (exact) mass is 576 g/mol. The Balaban J connectivity index is 1.60. The summed E-state index contributed by atoms with van der Waals surface area (Å²) >= 11 is 0. The molecule has 2 aromatic carbocycles. The Kier molecular flexibility index (Phi) is 9.47. The first-order valence-corrected chi connectivity index (χ1v) is 14.8. The zero-order chi connectivity index (χ0) is 30.7. The molecule has 4 rings (SSSR count). The second-order valence-electron chi connectivity index (χ2n) is 13.1. The normalized spacial score (nSPS) is 17.6. The van der Waals surface area contributed by atoms with Crippen LogP contribution in [0.15, 0.2) is 48.5 Å². The molecular weight excluding hydrogens is 531 g/mol. The summed E-state index contributed by atoms with van der Waals surface area (Å²) in [6, 6.07) is 15.9. The zero-order valence-corrected chi connectivity index (χ0v) is 26.5. The summed E-state index contributed by atoms with van der Waals surface area (Å²) in [5, 5.41) is 13.5. The van der Waals surface area contributed by atoms with Crippen molar-refractivity contribution in [1.29, 1.82) is 0 Å². The first-order chi connectivity index (χ1) is 19.7. The Morgan fingerprint density at radius 2 is 1.57 bits per heavy atom. The first-order valence-electron chi connectivity index (χ1n) is 14.8. The molecule has 1 aliphatic rings. The number of carbonyl (C=O) groups excluding carboxylic acids is 1. The van der Waals surface area contributed by atoms with Crippen molar-refractivity contribution in [2.75, 3.05) is 7.11 Å². The average Bonchev–Trinajstić information content (AvgIpc) is 3.46. The van der Waals surface area contributed by atoms with Gasteiger partial charge in [-0.15, -0.1) is 10.2 Å². The van der Waals surface area contributed by atoms with Gasteiger partial charge in [-0.25, -0.2) is 0 Å². The number of rotatable bonds is 11. The third-order valence-corrected chi connectivity index (χ3v) is 8.04. The Bertz CT molecular complexity index is 1320. The van der Waals surface area contributed by atoms with Crippen LogP contribution in [0.1, 0.15) is 91.1 Å². The predicted molar refractivity (Wildman–Crippen MR) is 163 cm³/mol. The second-order valence-corrected chi connectivity index (χ2v) is 13.1. The summed E-state index contributed by atoms with van der Waals surface area (Å²) in [6.07, 6.45) is 2.03. The molecule has 0 amide bonds. The molecule has 10 heteroatoms. The van der Waals surface area contributed by atoms with Gasteiger partial charge >= 0.3 is 13.1 Å². The molecule has 1 saturated heterocycles. The fourth-order valence-electron chi connectivity index (χ4n) is 4.99. The SMILES string of the molecule is CCCC(C(=O)OC(C)(C)C)[C@H](Cc1ccc(B2OC(C)(C)C(C)(C)O2)cc1)c1nnn(Cc2ccc(OC)cc2)n1. The molecule has 0 radical (unpaired) electrons. The highest BCUT2D eigenvalue weighted by atomic mass is 16.7. The van der Waals surface area contributed by atoms with E-state index in [9.17, 15) is 4.79 Å². The van der Waals surface area contributed by atoms with E-state index in [1.807, 2.05) is 84.9 Å². The highest BCUT2D eigenvalue weighted by molar-refractivity contribution is 6.62. The van der Waals surface area contributed by atoms with Crippen molar-refractivity contribution in [3.63, 3.8) is 0 Å². The molecule has 9 nitrogen and oxygen atoms in total. The van der Waals surface area contributed by atoms with Gasteiger partial charge in [0.15, 0.2) is 5.82 Å². The number of methoxy groups -OCH3 is 1. The van der Waals surface area contributed by atoms with Gasteiger partial charge in [0, 0.05) is 5.92 Å². The van der Waals surface area contributed by atoms with Crippen molar-refractivity contribution < 1.29 is 23.6 Å². The lowest BCUT2D eigenvalue weighted by Crippen LogP contribution is -2.41. The van der Waals surface area contributed by atoms with Gasteiger partial charge in [-0.1, -0.05) is 49.7 Å². The summed E-state index contributed by atoms with van der Waals surface area (Å²) < 4.78 is 23.6. The molecule has 42 heavy (non-hydrogen) atoms. The summed E-state index contributed by atoms with van der Waals surface area (Å²) in [5.41, 5.74) is 1.60. The van der Waals surface area contributed by atoms with Crippen molar-refractivity contribution >= 4 is 18.6 Å². The van der Waals surface area contributed by atoms with E-state index in [4.69, 9.17) is 23.9 Å². The van der Waals surface area contributed by atoms with Crippen LogP contribution in [-0.2, 0) is 31.8 Å². The van der Waals surface area contributed by atoms with Crippen molar-refractivity contribution in [3.05, 3.63) is 65.5 Å². The molecular formula is C32H45BN4O5. The summed E-state index contributed by atoms with van der Waals surface area (Å²) in [6.45, 7) is 16.4. The third-order valence-electron chi connectivity index (χ3n) is 8.04. The largest absolute Gasteiger partial charge is 0.497 e. The molecule has 2 atom stereocenters. The van der Waals surface area contributed by atoms with Crippen molar-refractivity contribution in [2.24, 2.45) is 5.92 Å². The van der Waals surface area contributed by atoms with Crippen LogP contribution in [0.2, 0.25) is 0 Å². The first kappa shape index (κ1) is 31.7. The molecule has 3 aromatic rings. The number of esters is 1. The van der Waals surface area contributed by atoms with E-state index in [-0.39, 0.29) is 11.9 Å². The Morgan fingerprint density at radius 3 is 2.12 bits per heavy atom. The van der Waals surface area contributed by atoms with Crippen LogP contribution < -0.4 is 10.2 Å². The van der Waals surface area contributed by atoms with Crippen LogP contribution in [0.5, 0.6) is 5.75 Å². The molecule has 0 N–H and O–H groups in total. The molecule has 0 spiro atoms. The van der Waals surface area contributed by atoms with E-state index in [0.717, 1.165) is 28.8 Å². The lowest BCUT2D eigenvalue weighted by Gasteiger charge is -2.32. The maximum absolute atomic E-state index is 13.5. The van der Waals surface area contributed by atoms with E-state index in [1.165, 1.54) is 0 Å². The summed E-state index contributed by atoms with van der Waals surface area (Å²) in [4.78, 5) is 15.1. The van der Waals surface area contributed by atoms with Crippen molar-refractivity contribution in [3.8, 4) is 5.75 Å². The average molecular weight is 577 g/mol. The summed E-state index contributed by atoms with van der Waals surface area (Å²) in [5.74, 6) is 0.343. The minimum atomic E-state index is -0.600. The standard InChI is InChI=1S/C32H45BN4O5/c1-10-11-26(29(38)40-30(2,3)4)27(28-34-36-37(35-28)21-23-14-18-25(39-9)19-15-23)20-22-12-16-24(17-13-22)33-41-31(5,6)32(7,8)42-33/h12-19,26-27H,10-11,20-21H2,1-9H3/t26?,27-/m0/s1. The lowest BCUT2D eigenvalue weighted by atomic mass is 9.77. The quantitative estimate of drug-likeness (QED) is 0.229. The number of tetrazole rings is 1. The molecule has 0 bridgehead atoms. The molecule has 1 unspecified atom stereocenters. The number of aromatic nitrogens is 4. The lowest BCUT2D eigenvalue weighted by molar-refractivity contribution is -0.161. The molecule has 0 saturated carbocycles. The molecule has 0 aliphatic carbocycles. The smallest absolute Gasteiger partial charge is 0.494 e. The van der Waals surface area contributed by atoms with Gasteiger partial charge in [0.25, 0.3) is 0 Å². The Morgan fingerprint density at radius 1 is 0.976 bits per heavy atom. The Hall–Kier alpha value is -3.24. The minimum Gasteiger partial charge on any atom is -0.497 e. The topological polar surface area (TPSA) is 97.6 Å². The highest BCUT2D eigenvalue weighted by Gasteiger charge is 2.51. The molecule has 1 aliphatic heterocycles. The van der Waals surface area contributed by atoms with Gasteiger partial charge in [0.2, 0.25) is 0 Å². The van der Waals surface area contributed by atoms with Crippen molar-refractivity contribution in [2.45, 2.75) is 104 Å². The molecule has 1 fully saturated rings. The number of nitrogens with zero attached hydrogens (tertiary/aromatic N) is 4. The van der Waals surface area contributed by atoms with Gasteiger partial charge in [0.05, 0.1) is 30.8 Å². The van der Waals surface area contributed by atoms with Crippen LogP contribution in [0.25, 0.3) is 0 Å². The summed E-state index contributed by atoms with van der Waals surface area (Å²) in [7, 11) is 1.21. The van der Waals surface area contributed by atoms with Crippen LogP contribution in [0.3, 0.4) is 0 Å². The molecule has 2 heterocycles. The third kappa shape index (κ3) is 7.58. The highest BCUT2D eigenvalue weighted by Crippen LogP contribution is 2.37. The van der Waals surface area contributed by atoms with E-state index < -0.39 is 29.8 Å². The number of hydrogen-bond donors (Lipinski definition) is 0.